The van der Waals surface area contributed by atoms with Crippen molar-refractivity contribution in [2.45, 2.75) is 19.9 Å². The molecule has 0 saturated carbocycles. The van der Waals surface area contributed by atoms with Gasteiger partial charge in [-0.05, 0) is 18.6 Å². The van der Waals surface area contributed by atoms with Crippen molar-refractivity contribution in [3.05, 3.63) is 34.1 Å². The van der Waals surface area contributed by atoms with Gasteiger partial charge in [-0.2, -0.15) is 10.4 Å². The van der Waals surface area contributed by atoms with Crippen LogP contribution >= 0.6 is 11.6 Å². The number of nitrogens with zero attached hydrogens (tertiary/aromatic N) is 4. The maximum atomic E-state index is 8.94. The van der Waals surface area contributed by atoms with Crippen LogP contribution in [0.5, 0.6) is 5.88 Å². The lowest BCUT2D eigenvalue weighted by Gasteiger charge is -2.08. The molecular weight excluding hydrogens is 290 g/mol. The van der Waals surface area contributed by atoms with Gasteiger partial charge in [0.2, 0.25) is 5.88 Å². The third kappa shape index (κ3) is 3.09. The molecule has 0 aliphatic rings. The van der Waals surface area contributed by atoms with Gasteiger partial charge >= 0.3 is 0 Å². The highest BCUT2D eigenvalue weighted by Gasteiger charge is 2.15. The molecule has 0 aliphatic carbocycles. The van der Waals surface area contributed by atoms with Crippen molar-refractivity contribution in [3.63, 3.8) is 0 Å². The number of hydrogen-bond donors (Lipinski definition) is 1. The highest BCUT2D eigenvalue weighted by molar-refractivity contribution is 6.31. The monoisotopic (exact) mass is 305 g/mol. The normalized spacial score (nSPS) is 10.2. The third-order valence-electron chi connectivity index (χ3n) is 3.10. The number of anilines is 1. The summed E-state index contributed by atoms with van der Waals surface area (Å²) in [5.74, 6) is 1.30. The number of hydrogen-bond acceptors (Lipinski definition) is 5. The Bertz CT molecular complexity index is 689. The average molecular weight is 306 g/mol. The van der Waals surface area contributed by atoms with Gasteiger partial charge < -0.3 is 10.1 Å². The second kappa shape index (κ2) is 6.46. The van der Waals surface area contributed by atoms with Gasteiger partial charge in [0.05, 0.1) is 23.4 Å². The summed E-state index contributed by atoms with van der Waals surface area (Å²) in [6, 6.07) is 5.34. The van der Waals surface area contributed by atoms with Crippen molar-refractivity contribution < 1.29 is 4.74 Å². The molecule has 6 nitrogen and oxygen atoms in total. The topological polar surface area (TPSA) is 75.8 Å². The molecule has 0 fully saturated rings. The molecule has 0 aromatic carbocycles. The summed E-state index contributed by atoms with van der Waals surface area (Å²) in [5.41, 5.74) is 2.16. The van der Waals surface area contributed by atoms with Crippen LogP contribution in [0.3, 0.4) is 0 Å². The minimum atomic E-state index is 0.204. The van der Waals surface area contributed by atoms with Gasteiger partial charge in [-0.25, -0.2) is 9.67 Å². The minimum absolute atomic E-state index is 0.204. The molecule has 0 unspecified atom stereocenters. The standard InChI is InChI=1S/C14H16ClN5O/c1-4-11-9(14(21-3)20(2)19-11)8-17-13-6-5-10(15)12(7-16)18-13/h5-6H,4,8H2,1-3H3,(H,17,18). The van der Waals surface area contributed by atoms with Crippen molar-refractivity contribution in [2.24, 2.45) is 7.05 Å². The van der Waals surface area contributed by atoms with Crippen molar-refractivity contribution >= 4 is 17.4 Å². The molecule has 0 amide bonds. The molecule has 2 aromatic heterocycles. The Labute approximate surface area is 128 Å². The highest BCUT2D eigenvalue weighted by atomic mass is 35.5. The van der Waals surface area contributed by atoms with Crippen LogP contribution in [0.2, 0.25) is 5.02 Å². The van der Waals surface area contributed by atoms with Crippen LogP contribution in [0, 0.1) is 11.3 Å². The number of rotatable bonds is 5. The Kier molecular flexibility index (Phi) is 4.66. The first-order valence-corrected chi connectivity index (χ1v) is 6.87. The number of halogens is 1. The van der Waals surface area contributed by atoms with Crippen molar-refractivity contribution in [1.82, 2.24) is 14.8 Å². The smallest absolute Gasteiger partial charge is 0.216 e. The van der Waals surface area contributed by atoms with E-state index in [1.165, 1.54) is 0 Å². The van der Waals surface area contributed by atoms with E-state index >= 15 is 0 Å². The highest BCUT2D eigenvalue weighted by Crippen LogP contribution is 2.23. The Morgan fingerprint density at radius 1 is 1.48 bits per heavy atom. The van der Waals surface area contributed by atoms with Crippen LogP contribution in [0.25, 0.3) is 0 Å². The predicted octanol–water partition coefficient (Wildman–Crippen LogP) is 2.52. The zero-order chi connectivity index (χ0) is 15.4. The van der Waals surface area contributed by atoms with E-state index in [-0.39, 0.29) is 5.69 Å². The molecular formula is C14H16ClN5O. The molecule has 110 valence electrons. The first-order chi connectivity index (χ1) is 10.1. The number of ether oxygens (including phenoxy) is 1. The molecule has 7 heteroatoms. The van der Waals surface area contributed by atoms with E-state index in [1.54, 1.807) is 23.9 Å². The largest absolute Gasteiger partial charge is 0.481 e. The fourth-order valence-corrected chi connectivity index (χ4v) is 2.27. The quantitative estimate of drug-likeness (QED) is 0.918. The molecule has 0 radical (unpaired) electrons. The average Bonchev–Trinajstić information content (AvgIpc) is 2.81. The Balaban J connectivity index is 2.22. The Hall–Kier alpha value is -2.26. The second-order valence-electron chi connectivity index (χ2n) is 4.40. The lowest BCUT2D eigenvalue weighted by atomic mass is 10.2. The van der Waals surface area contributed by atoms with E-state index in [2.05, 4.69) is 15.4 Å². The molecule has 0 spiro atoms. The summed E-state index contributed by atoms with van der Waals surface area (Å²) in [7, 11) is 3.46. The van der Waals surface area contributed by atoms with E-state index < -0.39 is 0 Å². The van der Waals surface area contributed by atoms with Crippen LogP contribution in [0.1, 0.15) is 23.9 Å². The van der Waals surface area contributed by atoms with Gasteiger partial charge in [0.1, 0.15) is 11.9 Å². The maximum Gasteiger partial charge on any atom is 0.216 e. The van der Waals surface area contributed by atoms with Crippen LogP contribution in [-0.4, -0.2) is 21.9 Å². The fraction of sp³-hybridized carbons (Fsp3) is 0.357. The summed E-state index contributed by atoms with van der Waals surface area (Å²) in [5, 5.41) is 16.9. The lowest BCUT2D eigenvalue weighted by molar-refractivity contribution is 0.369. The van der Waals surface area contributed by atoms with E-state index in [9.17, 15) is 0 Å². The summed E-state index contributed by atoms with van der Waals surface area (Å²) in [6.07, 6.45) is 0.811. The van der Waals surface area contributed by atoms with Gasteiger partial charge in [0.15, 0.2) is 5.69 Å². The molecule has 21 heavy (non-hydrogen) atoms. The number of nitrogens with one attached hydrogen (secondary N) is 1. The van der Waals surface area contributed by atoms with Gasteiger partial charge in [0.25, 0.3) is 0 Å². The van der Waals surface area contributed by atoms with E-state index in [0.29, 0.717) is 23.3 Å². The van der Waals surface area contributed by atoms with Crippen LogP contribution in [-0.2, 0) is 20.0 Å². The Morgan fingerprint density at radius 3 is 2.86 bits per heavy atom. The number of aryl methyl sites for hydroxylation is 2. The molecule has 0 atom stereocenters. The first kappa shape index (κ1) is 15.1. The summed E-state index contributed by atoms with van der Waals surface area (Å²) < 4.78 is 7.09. The number of nitriles is 1. The van der Waals surface area contributed by atoms with Crippen molar-refractivity contribution in [1.29, 1.82) is 5.26 Å². The van der Waals surface area contributed by atoms with E-state index in [0.717, 1.165) is 17.7 Å². The van der Waals surface area contributed by atoms with E-state index in [1.807, 2.05) is 20.0 Å². The van der Waals surface area contributed by atoms with Crippen LogP contribution < -0.4 is 10.1 Å². The molecule has 1 N–H and O–H groups in total. The summed E-state index contributed by atoms with van der Waals surface area (Å²) in [6.45, 7) is 2.55. The van der Waals surface area contributed by atoms with E-state index in [4.69, 9.17) is 21.6 Å². The van der Waals surface area contributed by atoms with Gasteiger partial charge in [-0.1, -0.05) is 18.5 Å². The maximum absolute atomic E-state index is 8.94. The van der Waals surface area contributed by atoms with Crippen LogP contribution in [0.4, 0.5) is 5.82 Å². The van der Waals surface area contributed by atoms with Crippen molar-refractivity contribution in [3.8, 4) is 11.9 Å². The third-order valence-corrected chi connectivity index (χ3v) is 3.40. The minimum Gasteiger partial charge on any atom is -0.481 e. The molecule has 2 heterocycles. The number of pyridine rings is 1. The predicted molar refractivity (Wildman–Crippen MR) is 80.4 cm³/mol. The fourth-order valence-electron chi connectivity index (χ4n) is 2.12. The zero-order valence-corrected chi connectivity index (χ0v) is 12.9. The SMILES string of the molecule is CCc1nn(C)c(OC)c1CNc1ccc(Cl)c(C#N)n1. The van der Waals surface area contributed by atoms with Gasteiger partial charge in [0, 0.05) is 13.6 Å². The summed E-state index contributed by atoms with van der Waals surface area (Å²) >= 11 is 5.87. The first-order valence-electron chi connectivity index (χ1n) is 6.50. The Morgan fingerprint density at radius 2 is 2.24 bits per heavy atom. The molecule has 0 aliphatic heterocycles. The second-order valence-corrected chi connectivity index (χ2v) is 4.81. The zero-order valence-electron chi connectivity index (χ0n) is 12.1. The van der Waals surface area contributed by atoms with Crippen LogP contribution in [0.15, 0.2) is 12.1 Å². The molecule has 2 aromatic rings. The van der Waals surface area contributed by atoms with Crippen molar-refractivity contribution in [2.75, 3.05) is 12.4 Å². The number of methoxy groups -OCH3 is 1. The molecule has 0 bridgehead atoms. The number of aromatic nitrogens is 3. The van der Waals surface area contributed by atoms with Gasteiger partial charge in [-0.3, -0.25) is 0 Å². The molecule has 2 rings (SSSR count). The lowest BCUT2D eigenvalue weighted by Crippen LogP contribution is -2.05. The molecule has 0 saturated heterocycles. The summed E-state index contributed by atoms with van der Waals surface area (Å²) in [4.78, 5) is 4.15. The van der Waals surface area contributed by atoms with Gasteiger partial charge in [-0.15, -0.1) is 0 Å².